The summed E-state index contributed by atoms with van der Waals surface area (Å²) in [7, 11) is 0. The molecule has 0 fully saturated rings. The van der Waals surface area contributed by atoms with Gasteiger partial charge in [-0.3, -0.25) is 0 Å². The van der Waals surface area contributed by atoms with E-state index in [9.17, 15) is 4.39 Å². The van der Waals surface area contributed by atoms with E-state index in [2.05, 4.69) is 23.5 Å². The Morgan fingerprint density at radius 1 is 1.11 bits per heavy atom. The predicted molar refractivity (Wildman–Crippen MR) is 112 cm³/mol. The molecule has 1 aliphatic heterocycles. The van der Waals surface area contributed by atoms with Gasteiger partial charge in [0.05, 0.1) is 16.6 Å². The minimum absolute atomic E-state index is 0.0431. The van der Waals surface area contributed by atoms with Gasteiger partial charge in [-0.1, -0.05) is 48.5 Å². The van der Waals surface area contributed by atoms with Gasteiger partial charge in [0, 0.05) is 13.0 Å². The summed E-state index contributed by atoms with van der Waals surface area (Å²) in [5.74, 6) is -0.243. The van der Waals surface area contributed by atoms with E-state index in [4.69, 9.17) is 17.3 Å². The fourth-order valence-corrected chi connectivity index (χ4v) is 4.05. The molecule has 1 aromatic heterocycles. The van der Waals surface area contributed by atoms with Gasteiger partial charge < -0.3 is 5.32 Å². The SMILES string of the molecule is Fc1ccc(C2CC(c3cccs3)=NN2C(=S)NCc2ccccc2)cc1. The predicted octanol–water partition coefficient (Wildman–Crippen LogP) is 5.11. The van der Waals surface area contributed by atoms with Gasteiger partial charge >= 0.3 is 0 Å². The molecule has 2 aromatic carbocycles. The van der Waals surface area contributed by atoms with Crippen molar-refractivity contribution in [3.05, 3.63) is 93.9 Å². The van der Waals surface area contributed by atoms with Crippen LogP contribution in [0.15, 0.2) is 77.2 Å². The van der Waals surface area contributed by atoms with E-state index in [1.54, 1.807) is 23.5 Å². The van der Waals surface area contributed by atoms with Crippen molar-refractivity contribution in [1.29, 1.82) is 0 Å². The Bertz CT molecular complexity index is 937. The fourth-order valence-electron chi connectivity index (χ4n) is 3.09. The van der Waals surface area contributed by atoms with Gasteiger partial charge in [-0.15, -0.1) is 11.3 Å². The molecule has 0 bridgehead atoms. The van der Waals surface area contributed by atoms with Crippen LogP contribution in [0.2, 0.25) is 0 Å². The molecule has 0 aliphatic carbocycles. The van der Waals surface area contributed by atoms with Crippen LogP contribution in [0.5, 0.6) is 0 Å². The third kappa shape index (κ3) is 4.07. The molecule has 1 aliphatic rings. The first-order valence-electron chi connectivity index (χ1n) is 8.68. The third-order valence-corrected chi connectivity index (χ3v) is 5.72. The maximum atomic E-state index is 13.4. The highest BCUT2D eigenvalue weighted by Gasteiger charge is 2.31. The van der Waals surface area contributed by atoms with E-state index in [-0.39, 0.29) is 11.9 Å². The van der Waals surface area contributed by atoms with Crippen molar-refractivity contribution in [2.75, 3.05) is 0 Å². The monoisotopic (exact) mass is 395 g/mol. The van der Waals surface area contributed by atoms with Crippen molar-refractivity contribution < 1.29 is 4.39 Å². The Balaban J connectivity index is 1.56. The summed E-state index contributed by atoms with van der Waals surface area (Å²) in [5.41, 5.74) is 3.15. The molecule has 0 amide bonds. The molecule has 1 unspecified atom stereocenters. The molecule has 136 valence electrons. The third-order valence-electron chi connectivity index (χ3n) is 4.47. The zero-order chi connectivity index (χ0) is 18.6. The van der Waals surface area contributed by atoms with E-state index in [1.165, 1.54) is 12.1 Å². The molecule has 0 saturated carbocycles. The van der Waals surface area contributed by atoms with Crippen molar-refractivity contribution in [3.63, 3.8) is 0 Å². The number of halogens is 1. The molecular formula is C21H18FN3S2. The lowest BCUT2D eigenvalue weighted by Gasteiger charge is -2.25. The number of hydrogen-bond acceptors (Lipinski definition) is 3. The Kier molecular flexibility index (Phi) is 5.27. The largest absolute Gasteiger partial charge is 0.357 e. The number of benzene rings is 2. The van der Waals surface area contributed by atoms with Crippen molar-refractivity contribution in [3.8, 4) is 0 Å². The number of nitrogens with zero attached hydrogens (tertiary/aromatic N) is 2. The van der Waals surface area contributed by atoms with Crippen molar-refractivity contribution in [2.24, 2.45) is 5.10 Å². The van der Waals surface area contributed by atoms with Crippen molar-refractivity contribution >= 4 is 34.4 Å². The van der Waals surface area contributed by atoms with Crippen LogP contribution in [0.3, 0.4) is 0 Å². The van der Waals surface area contributed by atoms with Crippen LogP contribution >= 0.6 is 23.6 Å². The summed E-state index contributed by atoms with van der Waals surface area (Å²) in [6.45, 7) is 0.635. The van der Waals surface area contributed by atoms with Crippen LogP contribution in [0, 0.1) is 5.82 Å². The number of hydrazone groups is 1. The second-order valence-corrected chi connectivity index (χ2v) is 7.62. The minimum atomic E-state index is -0.243. The van der Waals surface area contributed by atoms with Crippen LogP contribution in [0.1, 0.15) is 28.5 Å². The number of nitrogens with one attached hydrogen (secondary N) is 1. The summed E-state index contributed by atoms with van der Waals surface area (Å²) < 4.78 is 13.4. The fraction of sp³-hybridized carbons (Fsp3) is 0.143. The molecule has 0 saturated heterocycles. The zero-order valence-corrected chi connectivity index (χ0v) is 16.1. The molecule has 3 nitrogen and oxygen atoms in total. The molecule has 0 radical (unpaired) electrons. The lowest BCUT2D eigenvalue weighted by molar-refractivity contribution is 0.363. The summed E-state index contributed by atoms with van der Waals surface area (Å²) in [4.78, 5) is 1.13. The average molecular weight is 396 g/mol. The standard InChI is InChI=1S/C21H18FN3S2/c22-17-10-8-16(9-11-17)19-13-18(20-7-4-12-27-20)24-25(19)21(26)23-14-15-5-2-1-3-6-15/h1-12,19H,13-14H2,(H,23,26). The van der Waals surface area contributed by atoms with Crippen molar-refractivity contribution in [2.45, 2.75) is 19.0 Å². The van der Waals surface area contributed by atoms with Gasteiger partial charge in [-0.2, -0.15) is 5.10 Å². The first-order chi connectivity index (χ1) is 13.2. The first kappa shape index (κ1) is 17.8. The number of hydrogen-bond donors (Lipinski definition) is 1. The van der Waals surface area contributed by atoms with Gasteiger partial charge in [0.15, 0.2) is 5.11 Å². The van der Waals surface area contributed by atoms with Gasteiger partial charge in [0.2, 0.25) is 0 Å². The van der Waals surface area contributed by atoms with Gasteiger partial charge in [0.1, 0.15) is 5.82 Å². The highest BCUT2D eigenvalue weighted by molar-refractivity contribution is 7.80. The lowest BCUT2D eigenvalue weighted by Crippen LogP contribution is -2.36. The smallest absolute Gasteiger partial charge is 0.190 e. The Hall–Kier alpha value is -2.57. The Labute approximate surface area is 167 Å². The zero-order valence-electron chi connectivity index (χ0n) is 14.5. The number of rotatable bonds is 4. The van der Waals surface area contributed by atoms with Crippen LogP contribution in [0.4, 0.5) is 4.39 Å². The number of thiophene rings is 1. The topological polar surface area (TPSA) is 27.6 Å². The molecule has 27 heavy (non-hydrogen) atoms. The molecular weight excluding hydrogens is 377 g/mol. The van der Waals surface area contributed by atoms with E-state index in [0.29, 0.717) is 11.7 Å². The molecule has 4 rings (SSSR count). The first-order valence-corrected chi connectivity index (χ1v) is 9.97. The molecule has 6 heteroatoms. The maximum absolute atomic E-state index is 13.4. The molecule has 0 spiro atoms. The highest BCUT2D eigenvalue weighted by Crippen LogP contribution is 2.33. The Morgan fingerprint density at radius 3 is 2.59 bits per heavy atom. The highest BCUT2D eigenvalue weighted by atomic mass is 32.1. The summed E-state index contributed by atoms with van der Waals surface area (Å²) in [6, 6.07) is 20.7. The molecule has 2 heterocycles. The molecule has 1 N–H and O–H groups in total. The maximum Gasteiger partial charge on any atom is 0.190 e. The van der Waals surface area contributed by atoms with E-state index < -0.39 is 0 Å². The van der Waals surface area contributed by atoms with Crippen LogP contribution < -0.4 is 5.32 Å². The second-order valence-electron chi connectivity index (χ2n) is 6.28. The minimum Gasteiger partial charge on any atom is -0.357 e. The van der Waals surface area contributed by atoms with E-state index >= 15 is 0 Å². The van der Waals surface area contributed by atoms with Crippen LogP contribution in [0.25, 0.3) is 0 Å². The average Bonchev–Trinajstić information content (AvgIpc) is 3.37. The lowest BCUT2D eigenvalue weighted by atomic mass is 10.0. The second kappa shape index (κ2) is 7.98. The van der Waals surface area contributed by atoms with Crippen LogP contribution in [-0.2, 0) is 6.54 Å². The molecule has 3 aromatic rings. The van der Waals surface area contributed by atoms with E-state index in [1.807, 2.05) is 34.7 Å². The number of thiocarbonyl (C=S) groups is 1. The quantitative estimate of drug-likeness (QED) is 0.622. The summed E-state index contributed by atoms with van der Waals surface area (Å²) >= 11 is 7.30. The summed E-state index contributed by atoms with van der Waals surface area (Å²) in [5, 5.41) is 12.5. The summed E-state index contributed by atoms with van der Waals surface area (Å²) in [6.07, 6.45) is 0.735. The van der Waals surface area contributed by atoms with Gasteiger partial charge in [-0.25, -0.2) is 9.40 Å². The normalized spacial score (nSPS) is 16.3. The van der Waals surface area contributed by atoms with Crippen LogP contribution in [-0.4, -0.2) is 15.8 Å². The Morgan fingerprint density at radius 2 is 1.89 bits per heavy atom. The van der Waals surface area contributed by atoms with Crippen molar-refractivity contribution in [1.82, 2.24) is 10.3 Å². The van der Waals surface area contributed by atoms with E-state index in [0.717, 1.165) is 28.1 Å². The van der Waals surface area contributed by atoms with Gasteiger partial charge in [-0.05, 0) is 46.9 Å². The molecule has 1 atom stereocenters. The van der Waals surface area contributed by atoms with Gasteiger partial charge in [0.25, 0.3) is 0 Å².